The summed E-state index contributed by atoms with van der Waals surface area (Å²) in [4.78, 5) is 27.6. The molecule has 0 N–H and O–H groups in total. The van der Waals surface area contributed by atoms with E-state index in [0.29, 0.717) is 21.5 Å². The molecule has 1 heterocycles. The molecule has 170 valence electrons. The van der Waals surface area contributed by atoms with Gasteiger partial charge < -0.3 is 4.74 Å². The first-order valence-corrected chi connectivity index (χ1v) is 12.3. The molecule has 1 saturated heterocycles. The Morgan fingerprint density at radius 2 is 1.82 bits per heavy atom. The molecule has 0 aromatic heterocycles. The molecule has 2 aromatic rings. The Morgan fingerprint density at radius 1 is 1.15 bits per heavy atom. The molecule has 0 radical (unpaired) electrons. The molecule has 0 bridgehead atoms. The minimum absolute atomic E-state index is 0.0490. The van der Waals surface area contributed by atoms with E-state index in [1.54, 1.807) is 41.3 Å². The molecule has 2 fully saturated rings. The van der Waals surface area contributed by atoms with Crippen molar-refractivity contribution in [3.63, 3.8) is 0 Å². The number of thioether (sulfide) groups is 1. The maximum absolute atomic E-state index is 12.8. The second kappa shape index (κ2) is 9.63. The number of ether oxygens (including phenoxy) is 1. The zero-order chi connectivity index (χ0) is 23.8. The number of allylic oxidation sites excluding steroid dienone is 1. The van der Waals surface area contributed by atoms with Gasteiger partial charge in [-0.3, -0.25) is 14.5 Å². The third-order valence-electron chi connectivity index (χ3n) is 5.92. The van der Waals surface area contributed by atoms with Gasteiger partial charge in [-0.1, -0.05) is 103 Å². The van der Waals surface area contributed by atoms with E-state index in [-0.39, 0.29) is 33.6 Å². The molecule has 2 aromatic carbocycles. The van der Waals surface area contributed by atoms with Crippen LogP contribution in [0.3, 0.4) is 0 Å². The SMILES string of the molecule is CC1(C)C(C=C(Cl)Cl)C1C(=O)Oc1ccc(/C=C2\SC(=S)N(Cc3ccccc3)C2=O)cc1. The number of rotatable bonds is 6. The number of hydrogen-bond donors (Lipinski definition) is 0. The van der Waals surface area contributed by atoms with E-state index in [9.17, 15) is 9.59 Å². The Balaban J connectivity index is 1.40. The summed E-state index contributed by atoms with van der Waals surface area (Å²) in [7, 11) is 0. The fourth-order valence-corrected chi connectivity index (χ4v) is 5.47. The second-order valence-electron chi connectivity index (χ2n) is 8.52. The molecular weight excluding hydrogens is 497 g/mol. The summed E-state index contributed by atoms with van der Waals surface area (Å²) in [5.41, 5.74) is 1.59. The molecule has 0 spiro atoms. The minimum Gasteiger partial charge on any atom is -0.426 e. The number of halogens is 2. The highest BCUT2D eigenvalue weighted by atomic mass is 35.5. The predicted molar refractivity (Wildman–Crippen MR) is 138 cm³/mol. The molecular formula is C25H21Cl2NO3S2. The van der Waals surface area contributed by atoms with Crippen LogP contribution in [-0.2, 0) is 16.1 Å². The van der Waals surface area contributed by atoms with Gasteiger partial charge in [0.25, 0.3) is 5.91 Å². The van der Waals surface area contributed by atoms with Crippen LogP contribution in [-0.4, -0.2) is 21.1 Å². The number of esters is 1. The van der Waals surface area contributed by atoms with E-state index in [1.807, 2.05) is 44.2 Å². The van der Waals surface area contributed by atoms with E-state index < -0.39 is 0 Å². The summed E-state index contributed by atoms with van der Waals surface area (Å²) in [6.07, 6.45) is 3.48. The number of amides is 1. The zero-order valence-corrected chi connectivity index (χ0v) is 21.1. The van der Waals surface area contributed by atoms with E-state index in [0.717, 1.165) is 11.1 Å². The largest absolute Gasteiger partial charge is 0.426 e. The summed E-state index contributed by atoms with van der Waals surface area (Å²) in [5, 5.41) is 0. The van der Waals surface area contributed by atoms with Crippen LogP contribution in [0.2, 0.25) is 0 Å². The summed E-state index contributed by atoms with van der Waals surface area (Å²) in [6, 6.07) is 16.8. The second-order valence-corrected chi connectivity index (χ2v) is 11.2. The highest BCUT2D eigenvalue weighted by molar-refractivity contribution is 8.26. The van der Waals surface area contributed by atoms with Crippen molar-refractivity contribution in [3.8, 4) is 5.75 Å². The van der Waals surface area contributed by atoms with E-state index in [4.69, 9.17) is 40.2 Å². The Hall–Kier alpha value is -2.12. The fourth-order valence-electron chi connectivity index (χ4n) is 3.94. The molecule has 1 aliphatic carbocycles. The molecule has 2 aliphatic rings. The van der Waals surface area contributed by atoms with Crippen LogP contribution in [0, 0.1) is 17.3 Å². The maximum atomic E-state index is 12.8. The average molecular weight is 518 g/mol. The summed E-state index contributed by atoms with van der Waals surface area (Å²) >= 11 is 18.2. The van der Waals surface area contributed by atoms with E-state index in [2.05, 4.69) is 0 Å². The molecule has 1 saturated carbocycles. The van der Waals surface area contributed by atoms with Gasteiger partial charge in [0.2, 0.25) is 0 Å². The molecule has 4 rings (SSSR count). The van der Waals surface area contributed by atoms with Crippen LogP contribution in [0.15, 0.2) is 70.1 Å². The molecule has 1 amide bonds. The average Bonchev–Trinajstić information content (AvgIpc) is 3.20. The number of carbonyl (C=O) groups is 2. The summed E-state index contributed by atoms with van der Waals surface area (Å²) in [6.45, 7) is 4.40. The van der Waals surface area contributed by atoms with Crippen LogP contribution in [0.1, 0.15) is 25.0 Å². The molecule has 1 aliphatic heterocycles. The fraction of sp³-hybridized carbons (Fsp3) is 0.240. The van der Waals surface area contributed by atoms with Gasteiger partial charge in [0.05, 0.1) is 17.4 Å². The standard InChI is InChI=1S/C25H21Cl2NO3S2/c1-25(2)18(13-20(26)27)21(25)23(30)31-17-10-8-15(9-11-17)12-19-22(29)28(24(32)33-19)14-16-6-4-3-5-7-16/h3-13,18,21H,14H2,1-2H3/b19-12-. The van der Waals surface area contributed by atoms with Gasteiger partial charge in [-0.15, -0.1) is 0 Å². The van der Waals surface area contributed by atoms with Crippen molar-refractivity contribution in [1.82, 2.24) is 4.90 Å². The van der Waals surface area contributed by atoms with E-state index >= 15 is 0 Å². The molecule has 8 heteroatoms. The minimum atomic E-state index is -0.314. The van der Waals surface area contributed by atoms with Gasteiger partial charge in [-0.25, -0.2) is 0 Å². The van der Waals surface area contributed by atoms with Gasteiger partial charge in [0.1, 0.15) is 14.6 Å². The molecule has 33 heavy (non-hydrogen) atoms. The smallest absolute Gasteiger partial charge is 0.315 e. The van der Waals surface area contributed by atoms with E-state index in [1.165, 1.54) is 11.8 Å². The third-order valence-corrected chi connectivity index (χ3v) is 7.55. The van der Waals surface area contributed by atoms with Crippen LogP contribution >= 0.6 is 47.2 Å². The lowest BCUT2D eigenvalue weighted by Crippen LogP contribution is -2.27. The number of carbonyl (C=O) groups excluding carboxylic acids is 2. The third kappa shape index (κ3) is 5.35. The van der Waals surface area contributed by atoms with Gasteiger partial charge >= 0.3 is 5.97 Å². The zero-order valence-electron chi connectivity index (χ0n) is 18.0. The van der Waals surface area contributed by atoms with Gasteiger partial charge in [0, 0.05) is 0 Å². The van der Waals surface area contributed by atoms with Crippen molar-refractivity contribution in [3.05, 3.63) is 81.2 Å². The quantitative estimate of drug-likeness (QED) is 0.187. The van der Waals surface area contributed by atoms with Crippen molar-refractivity contribution in [2.75, 3.05) is 0 Å². The topological polar surface area (TPSA) is 46.6 Å². The van der Waals surface area contributed by atoms with Gasteiger partial charge in [0.15, 0.2) is 0 Å². The monoisotopic (exact) mass is 517 g/mol. The van der Waals surface area contributed by atoms with Crippen LogP contribution in [0.4, 0.5) is 0 Å². The first-order valence-electron chi connectivity index (χ1n) is 10.3. The van der Waals surface area contributed by atoms with Gasteiger partial charge in [-0.05, 0) is 46.7 Å². The lowest BCUT2D eigenvalue weighted by atomic mass is 10.1. The number of thiocarbonyl (C=S) groups is 1. The Bertz CT molecular complexity index is 1160. The number of hydrogen-bond acceptors (Lipinski definition) is 5. The Labute approximate surface area is 212 Å². The van der Waals surface area contributed by atoms with Crippen LogP contribution in [0.5, 0.6) is 5.75 Å². The highest BCUT2D eigenvalue weighted by Gasteiger charge is 2.61. The van der Waals surface area contributed by atoms with Gasteiger partial charge in [-0.2, -0.15) is 0 Å². The molecule has 2 unspecified atom stereocenters. The van der Waals surface area contributed by atoms with Crippen molar-refractivity contribution in [2.24, 2.45) is 17.3 Å². The van der Waals surface area contributed by atoms with Crippen molar-refractivity contribution < 1.29 is 14.3 Å². The predicted octanol–water partition coefficient (Wildman–Crippen LogP) is 6.58. The normalized spacial score (nSPS) is 22.4. The lowest BCUT2D eigenvalue weighted by Gasteiger charge is -2.14. The number of nitrogens with zero attached hydrogens (tertiary/aromatic N) is 1. The van der Waals surface area contributed by atoms with Crippen LogP contribution < -0.4 is 4.74 Å². The summed E-state index contributed by atoms with van der Waals surface area (Å²) < 4.78 is 6.25. The highest BCUT2D eigenvalue weighted by Crippen LogP contribution is 2.60. The number of benzene rings is 2. The molecule has 4 nitrogen and oxygen atoms in total. The Morgan fingerprint density at radius 3 is 2.45 bits per heavy atom. The first kappa shape index (κ1) is 24.0. The van der Waals surface area contributed by atoms with Crippen molar-refractivity contribution in [2.45, 2.75) is 20.4 Å². The summed E-state index contributed by atoms with van der Waals surface area (Å²) in [5.74, 6) is -0.332. The molecule has 2 atom stereocenters. The van der Waals surface area contributed by atoms with Crippen molar-refractivity contribution in [1.29, 1.82) is 0 Å². The lowest BCUT2D eigenvalue weighted by molar-refractivity contribution is -0.136. The Kier molecular flexibility index (Phi) is 7.01. The maximum Gasteiger partial charge on any atom is 0.315 e. The van der Waals surface area contributed by atoms with Crippen LogP contribution in [0.25, 0.3) is 6.08 Å². The van der Waals surface area contributed by atoms with Crippen molar-refractivity contribution >= 4 is 69.5 Å². The first-order chi connectivity index (χ1) is 15.7.